The molecular weight excluding hydrogens is 295 g/mol. The summed E-state index contributed by atoms with van der Waals surface area (Å²) in [6.07, 6.45) is 5.02. The van der Waals surface area contributed by atoms with Gasteiger partial charge in [-0.2, -0.15) is 0 Å². The molecule has 1 amide bonds. The summed E-state index contributed by atoms with van der Waals surface area (Å²) in [5.41, 5.74) is 0.417. The van der Waals surface area contributed by atoms with Crippen molar-refractivity contribution in [3.63, 3.8) is 0 Å². The van der Waals surface area contributed by atoms with Crippen molar-refractivity contribution in [1.82, 2.24) is 5.32 Å². The summed E-state index contributed by atoms with van der Waals surface area (Å²) in [4.78, 5) is 12.4. The number of amides is 1. The minimum Gasteiger partial charge on any atom is -0.489 e. The van der Waals surface area contributed by atoms with E-state index in [1.165, 1.54) is 25.0 Å². The molecule has 5 heteroatoms. The highest BCUT2D eigenvalue weighted by Crippen LogP contribution is 2.33. The second kappa shape index (κ2) is 6.87. The number of rotatable bonds is 5. The number of piperidine rings is 1. The van der Waals surface area contributed by atoms with Gasteiger partial charge in [0.15, 0.2) is 0 Å². The molecule has 4 nitrogen and oxygen atoms in total. The Hall–Kier alpha value is -1.62. The third kappa shape index (κ3) is 4.22. The van der Waals surface area contributed by atoms with Gasteiger partial charge in [0.25, 0.3) is 0 Å². The molecule has 0 radical (unpaired) electrons. The molecule has 2 N–H and O–H groups in total. The summed E-state index contributed by atoms with van der Waals surface area (Å²) >= 11 is 0. The van der Waals surface area contributed by atoms with E-state index in [1.54, 1.807) is 6.07 Å². The van der Waals surface area contributed by atoms with Crippen molar-refractivity contribution in [3.8, 4) is 5.75 Å². The predicted molar refractivity (Wildman–Crippen MR) is 88.1 cm³/mol. The summed E-state index contributed by atoms with van der Waals surface area (Å²) in [5, 5.41) is 6.41. The molecule has 2 aliphatic heterocycles. The zero-order chi connectivity index (χ0) is 16.4. The van der Waals surface area contributed by atoms with E-state index in [0.29, 0.717) is 35.9 Å². The molecule has 2 saturated heterocycles. The molecule has 1 aromatic carbocycles. The van der Waals surface area contributed by atoms with Crippen molar-refractivity contribution in [1.29, 1.82) is 0 Å². The largest absolute Gasteiger partial charge is 0.489 e. The number of hydrogen-bond acceptors (Lipinski definition) is 3. The Bertz CT molecular complexity index is 564. The van der Waals surface area contributed by atoms with Crippen LogP contribution in [0.15, 0.2) is 18.2 Å². The molecule has 2 atom stereocenters. The van der Waals surface area contributed by atoms with E-state index in [9.17, 15) is 9.18 Å². The van der Waals surface area contributed by atoms with Crippen molar-refractivity contribution in [3.05, 3.63) is 24.0 Å². The number of benzene rings is 1. The molecular formula is C18H25FN2O2. The smallest absolute Gasteiger partial charge is 0.224 e. The molecule has 2 unspecified atom stereocenters. The lowest BCUT2D eigenvalue weighted by atomic mass is 9.89. The van der Waals surface area contributed by atoms with E-state index in [4.69, 9.17) is 4.74 Å². The highest BCUT2D eigenvalue weighted by atomic mass is 19.1. The van der Waals surface area contributed by atoms with E-state index in [2.05, 4.69) is 10.6 Å². The zero-order valence-electron chi connectivity index (χ0n) is 13.8. The number of carbonyl (C=O) groups is 1. The van der Waals surface area contributed by atoms with Gasteiger partial charge < -0.3 is 15.4 Å². The lowest BCUT2D eigenvalue weighted by Gasteiger charge is -2.28. The monoisotopic (exact) mass is 320 g/mol. The molecule has 1 aromatic rings. The number of fused-ring (bicyclic) bond motifs is 2. The summed E-state index contributed by atoms with van der Waals surface area (Å²) in [5.74, 6) is 0.490. The van der Waals surface area contributed by atoms with Crippen molar-refractivity contribution in [2.24, 2.45) is 5.92 Å². The van der Waals surface area contributed by atoms with Crippen LogP contribution in [0.1, 0.15) is 46.0 Å². The van der Waals surface area contributed by atoms with Gasteiger partial charge in [0, 0.05) is 24.6 Å². The van der Waals surface area contributed by atoms with Gasteiger partial charge in [-0.3, -0.25) is 4.79 Å². The molecule has 126 valence electrons. The summed E-state index contributed by atoms with van der Waals surface area (Å²) in [7, 11) is 0. The Morgan fingerprint density at radius 2 is 2.04 bits per heavy atom. The van der Waals surface area contributed by atoms with Gasteiger partial charge in [0.05, 0.1) is 11.8 Å². The molecule has 0 aliphatic carbocycles. The average molecular weight is 320 g/mol. The molecule has 0 saturated carbocycles. The van der Waals surface area contributed by atoms with E-state index in [1.807, 2.05) is 13.8 Å². The maximum Gasteiger partial charge on any atom is 0.224 e. The minimum atomic E-state index is -0.378. The first-order chi connectivity index (χ1) is 11.0. The first-order valence-electron chi connectivity index (χ1n) is 8.51. The molecule has 2 bridgehead atoms. The second-order valence-corrected chi connectivity index (χ2v) is 7.03. The Morgan fingerprint density at radius 1 is 1.35 bits per heavy atom. The lowest BCUT2D eigenvalue weighted by molar-refractivity contribution is -0.117. The van der Waals surface area contributed by atoms with Gasteiger partial charge in [-0.1, -0.05) is 0 Å². The minimum absolute atomic E-state index is 0.0313. The number of ether oxygens (including phenoxy) is 1. The number of nitrogens with one attached hydrogen (secondary N) is 2. The summed E-state index contributed by atoms with van der Waals surface area (Å²) < 4.78 is 19.1. The van der Waals surface area contributed by atoms with Crippen LogP contribution in [0, 0.1) is 11.7 Å². The number of carbonyl (C=O) groups excluding carboxylic acids is 1. The fourth-order valence-electron chi connectivity index (χ4n) is 3.76. The quantitative estimate of drug-likeness (QED) is 0.873. The van der Waals surface area contributed by atoms with Gasteiger partial charge >= 0.3 is 0 Å². The normalized spacial score (nSPS) is 26.3. The topological polar surface area (TPSA) is 50.4 Å². The van der Waals surface area contributed by atoms with Crippen LogP contribution < -0.4 is 15.4 Å². The fourth-order valence-corrected chi connectivity index (χ4v) is 3.76. The molecule has 23 heavy (non-hydrogen) atoms. The third-order valence-electron chi connectivity index (χ3n) is 4.62. The standard InChI is InChI=1S/C18H25FN2O2/c1-11(2)23-17-6-3-13(19)10-16(17)21-18(22)9-12-7-14-4-5-15(8-12)20-14/h3,6,10-12,14-15,20H,4-5,7-9H2,1-2H3,(H,21,22). The maximum atomic E-state index is 13.5. The Morgan fingerprint density at radius 3 is 2.70 bits per heavy atom. The SMILES string of the molecule is CC(C)Oc1ccc(F)cc1NC(=O)CC1CC2CCC(C1)N2. The highest BCUT2D eigenvalue weighted by Gasteiger charge is 2.34. The number of anilines is 1. The van der Waals surface area contributed by atoms with Gasteiger partial charge in [-0.25, -0.2) is 4.39 Å². The summed E-state index contributed by atoms with van der Waals surface area (Å²) in [6, 6.07) is 5.37. The van der Waals surface area contributed by atoms with Crippen LogP contribution in [0.3, 0.4) is 0 Å². The Balaban J connectivity index is 1.62. The van der Waals surface area contributed by atoms with Crippen LogP contribution in [-0.2, 0) is 4.79 Å². The van der Waals surface area contributed by atoms with Crippen molar-refractivity contribution >= 4 is 11.6 Å². The predicted octanol–water partition coefficient (Wildman–Crippen LogP) is 3.47. The first kappa shape index (κ1) is 16.2. The maximum absolute atomic E-state index is 13.5. The highest BCUT2D eigenvalue weighted by molar-refractivity contribution is 5.92. The Labute approximate surface area is 136 Å². The van der Waals surface area contributed by atoms with Crippen LogP contribution in [0.5, 0.6) is 5.75 Å². The molecule has 0 aromatic heterocycles. The van der Waals surface area contributed by atoms with Gasteiger partial charge in [-0.05, 0) is 57.6 Å². The third-order valence-corrected chi connectivity index (χ3v) is 4.62. The van der Waals surface area contributed by atoms with Gasteiger partial charge in [-0.15, -0.1) is 0 Å². The van der Waals surface area contributed by atoms with E-state index >= 15 is 0 Å². The fraction of sp³-hybridized carbons (Fsp3) is 0.611. The second-order valence-electron chi connectivity index (χ2n) is 7.03. The Kier molecular flexibility index (Phi) is 4.85. The molecule has 0 spiro atoms. The van der Waals surface area contributed by atoms with E-state index in [-0.39, 0.29) is 17.8 Å². The first-order valence-corrected chi connectivity index (χ1v) is 8.51. The van der Waals surface area contributed by atoms with Crippen LogP contribution in [0.4, 0.5) is 10.1 Å². The van der Waals surface area contributed by atoms with E-state index < -0.39 is 0 Å². The lowest BCUT2D eigenvalue weighted by Crippen LogP contribution is -2.39. The van der Waals surface area contributed by atoms with E-state index in [0.717, 1.165) is 12.8 Å². The number of hydrogen-bond donors (Lipinski definition) is 2. The number of halogens is 1. The molecule has 2 heterocycles. The van der Waals surface area contributed by atoms with Crippen LogP contribution in [-0.4, -0.2) is 24.1 Å². The van der Waals surface area contributed by atoms with Crippen molar-refractivity contribution in [2.45, 2.75) is 64.1 Å². The molecule has 3 rings (SSSR count). The van der Waals surface area contributed by atoms with Crippen molar-refractivity contribution in [2.75, 3.05) is 5.32 Å². The average Bonchev–Trinajstić information content (AvgIpc) is 2.80. The molecule has 2 aliphatic rings. The van der Waals surface area contributed by atoms with Crippen LogP contribution in [0.25, 0.3) is 0 Å². The molecule has 2 fully saturated rings. The van der Waals surface area contributed by atoms with Crippen LogP contribution in [0.2, 0.25) is 0 Å². The van der Waals surface area contributed by atoms with Gasteiger partial charge in [0.2, 0.25) is 5.91 Å². The van der Waals surface area contributed by atoms with Gasteiger partial charge in [0.1, 0.15) is 11.6 Å². The summed E-state index contributed by atoms with van der Waals surface area (Å²) in [6.45, 7) is 3.81. The van der Waals surface area contributed by atoms with Crippen molar-refractivity contribution < 1.29 is 13.9 Å². The zero-order valence-corrected chi connectivity index (χ0v) is 13.8. The van der Waals surface area contributed by atoms with Crippen LogP contribution >= 0.6 is 0 Å².